The van der Waals surface area contributed by atoms with Crippen LogP contribution < -0.4 is 0 Å². The predicted molar refractivity (Wildman–Crippen MR) is 87.6 cm³/mol. The van der Waals surface area contributed by atoms with Crippen LogP contribution in [0.5, 0.6) is 0 Å². The fourth-order valence-corrected chi connectivity index (χ4v) is 3.14. The Bertz CT molecular complexity index is 789. The lowest BCUT2D eigenvalue weighted by molar-refractivity contribution is 0.271. The lowest BCUT2D eigenvalue weighted by Gasteiger charge is -2.18. The number of aromatic nitrogens is 5. The molecule has 0 aliphatic carbocycles. The summed E-state index contributed by atoms with van der Waals surface area (Å²) in [5, 5.41) is 13.1. The highest BCUT2D eigenvalue weighted by atomic mass is 15.3. The van der Waals surface area contributed by atoms with Gasteiger partial charge in [0.25, 0.3) is 0 Å². The first-order chi connectivity index (χ1) is 11.3. The molecule has 0 saturated carbocycles. The molecule has 118 valence electrons. The Labute approximate surface area is 135 Å². The van der Waals surface area contributed by atoms with Crippen molar-refractivity contribution in [3.8, 4) is 11.4 Å². The first kappa shape index (κ1) is 14.1. The Morgan fingerprint density at radius 2 is 1.91 bits per heavy atom. The van der Waals surface area contributed by atoms with Crippen LogP contribution in [0.2, 0.25) is 0 Å². The maximum absolute atomic E-state index is 4.41. The Balaban J connectivity index is 1.52. The van der Waals surface area contributed by atoms with E-state index < -0.39 is 0 Å². The smallest absolute Gasteiger partial charge is 0.164 e. The van der Waals surface area contributed by atoms with Gasteiger partial charge in [0.2, 0.25) is 0 Å². The van der Waals surface area contributed by atoms with Crippen LogP contribution in [0.1, 0.15) is 11.4 Å². The average Bonchev–Trinajstić information content (AvgIpc) is 3.11. The van der Waals surface area contributed by atoms with Crippen molar-refractivity contribution in [1.29, 1.82) is 0 Å². The number of rotatable bonds is 3. The van der Waals surface area contributed by atoms with Crippen molar-refractivity contribution >= 4 is 0 Å². The maximum Gasteiger partial charge on any atom is 0.164 e. The maximum atomic E-state index is 4.41. The molecule has 0 amide bonds. The fraction of sp³-hybridized carbons (Fsp3) is 0.353. The van der Waals surface area contributed by atoms with Crippen molar-refractivity contribution < 1.29 is 0 Å². The van der Waals surface area contributed by atoms with Crippen molar-refractivity contribution in [2.75, 3.05) is 13.1 Å². The molecular formula is C17H20N6. The minimum Gasteiger partial charge on any atom is -0.310 e. The molecule has 0 fully saturated rings. The van der Waals surface area contributed by atoms with E-state index in [2.05, 4.69) is 43.1 Å². The zero-order valence-corrected chi connectivity index (χ0v) is 13.3. The molecule has 6 heteroatoms. The Kier molecular flexibility index (Phi) is 3.67. The van der Waals surface area contributed by atoms with Crippen LogP contribution >= 0.6 is 0 Å². The summed E-state index contributed by atoms with van der Waals surface area (Å²) in [6, 6.07) is 10.3. The van der Waals surface area contributed by atoms with Gasteiger partial charge in [-0.2, -0.15) is 5.10 Å². The van der Waals surface area contributed by atoms with E-state index in [1.165, 1.54) is 5.56 Å². The summed E-state index contributed by atoms with van der Waals surface area (Å²) >= 11 is 0. The minimum absolute atomic E-state index is 0.923. The van der Waals surface area contributed by atoms with E-state index in [1.807, 2.05) is 36.1 Å². The van der Waals surface area contributed by atoms with Crippen molar-refractivity contribution in [2.24, 2.45) is 7.05 Å². The van der Waals surface area contributed by atoms with Gasteiger partial charge in [0.1, 0.15) is 5.82 Å². The molecular weight excluding hydrogens is 288 g/mol. The molecule has 1 aliphatic rings. The second-order valence-corrected chi connectivity index (χ2v) is 6.01. The fourth-order valence-electron chi connectivity index (χ4n) is 3.14. The van der Waals surface area contributed by atoms with Gasteiger partial charge >= 0.3 is 0 Å². The lowest BCUT2D eigenvalue weighted by Crippen LogP contribution is -2.26. The molecule has 6 nitrogen and oxygen atoms in total. The normalized spacial score (nSPS) is 15.3. The molecule has 0 spiro atoms. The minimum atomic E-state index is 0.923. The molecule has 4 rings (SSSR count). The first-order valence-electron chi connectivity index (χ1n) is 7.97. The van der Waals surface area contributed by atoms with E-state index in [0.29, 0.717) is 0 Å². The molecule has 0 saturated heterocycles. The van der Waals surface area contributed by atoms with Crippen LogP contribution in [0, 0.1) is 0 Å². The highest BCUT2D eigenvalue weighted by Crippen LogP contribution is 2.20. The number of benzene rings is 1. The van der Waals surface area contributed by atoms with Crippen molar-refractivity contribution in [3.63, 3.8) is 0 Å². The van der Waals surface area contributed by atoms with Crippen LogP contribution in [-0.2, 0) is 26.6 Å². The van der Waals surface area contributed by atoms with Gasteiger partial charge < -0.3 is 4.57 Å². The van der Waals surface area contributed by atoms with Crippen molar-refractivity contribution in [3.05, 3.63) is 54.1 Å². The summed E-state index contributed by atoms with van der Waals surface area (Å²) in [5.41, 5.74) is 2.39. The molecule has 2 aromatic heterocycles. The second kappa shape index (κ2) is 5.96. The molecule has 3 heterocycles. The van der Waals surface area contributed by atoms with E-state index >= 15 is 0 Å². The number of fused-ring (bicyclic) bond motifs is 1. The van der Waals surface area contributed by atoms with Crippen LogP contribution in [0.25, 0.3) is 11.4 Å². The summed E-state index contributed by atoms with van der Waals surface area (Å²) in [7, 11) is 1.96. The summed E-state index contributed by atoms with van der Waals surface area (Å²) in [4.78, 5) is 2.46. The lowest BCUT2D eigenvalue weighted by atomic mass is 10.2. The largest absolute Gasteiger partial charge is 0.310 e. The molecule has 0 radical (unpaired) electrons. The van der Waals surface area contributed by atoms with Gasteiger partial charge in [-0.3, -0.25) is 9.58 Å². The first-order valence-corrected chi connectivity index (χ1v) is 7.97. The Morgan fingerprint density at radius 3 is 2.70 bits per heavy atom. The summed E-state index contributed by atoms with van der Waals surface area (Å²) in [5.74, 6) is 2.06. The molecule has 0 unspecified atom stereocenters. The van der Waals surface area contributed by atoms with E-state index in [4.69, 9.17) is 0 Å². The quantitative estimate of drug-likeness (QED) is 0.739. The molecule has 0 atom stereocenters. The topological polar surface area (TPSA) is 51.8 Å². The van der Waals surface area contributed by atoms with Crippen LogP contribution in [0.4, 0.5) is 0 Å². The van der Waals surface area contributed by atoms with Gasteiger partial charge in [-0.15, -0.1) is 10.2 Å². The van der Waals surface area contributed by atoms with Gasteiger partial charge in [0, 0.05) is 57.0 Å². The predicted octanol–water partition coefficient (Wildman–Crippen LogP) is 1.74. The number of aryl methyl sites for hydroxylation is 1. The van der Waals surface area contributed by atoms with Crippen LogP contribution in [0.3, 0.4) is 0 Å². The van der Waals surface area contributed by atoms with Crippen molar-refractivity contribution in [2.45, 2.75) is 19.5 Å². The third kappa shape index (κ3) is 2.90. The third-order valence-corrected chi connectivity index (χ3v) is 4.32. The SMILES string of the molecule is Cn1cc(CN2CCc3nnc(-c4ccccc4)n3CC2)cn1. The third-order valence-electron chi connectivity index (χ3n) is 4.32. The Hall–Kier alpha value is -2.47. The standard InChI is InChI=1S/C17H20N6/c1-21-12-14(11-18-21)13-22-8-7-16-19-20-17(23(16)10-9-22)15-5-3-2-4-6-15/h2-6,11-12H,7-10,13H2,1H3. The van der Waals surface area contributed by atoms with Gasteiger partial charge in [0.15, 0.2) is 5.82 Å². The van der Waals surface area contributed by atoms with Crippen LogP contribution in [-0.4, -0.2) is 42.5 Å². The number of hydrogen-bond donors (Lipinski definition) is 0. The zero-order valence-electron chi connectivity index (χ0n) is 13.3. The second-order valence-electron chi connectivity index (χ2n) is 6.01. The van der Waals surface area contributed by atoms with Crippen molar-refractivity contribution in [1.82, 2.24) is 29.4 Å². The zero-order chi connectivity index (χ0) is 15.6. The highest BCUT2D eigenvalue weighted by molar-refractivity contribution is 5.55. The van der Waals surface area contributed by atoms with Gasteiger partial charge in [0.05, 0.1) is 6.20 Å². The molecule has 23 heavy (non-hydrogen) atoms. The molecule has 0 N–H and O–H groups in total. The van der Waals surface area contributed by atoms with E-state index in [1.54, 1.807) is 0 Å². The van der Waals surface area contributed by atoms with Crippen LogP contribution in [0.15, 0.2) is 42.7 Å². The highest BCUT2D eigenvalue weighted by Gasteiger charge is 2.19. The summed E-state index contributed by atoms with van der Waals surface area (Å²) in [6.45, 7) is 3.86. The van der Waals surface area contributed by atoms with E-state index in [9.17, 15) is 0 Å². The van der Waals surface area contributed by atoms with Gasteiger partial charge in [-0.25, -0.2) is 0 Å². The molecule has 1 aliphatic heterocycles. The molecule has 0 bridgehead atoms. The van der Waals surface area contributed by atoms with E-state index in [0.717, 1.165) is 49.8 Å². The summed E-state index contributed by atoms with van der Waals surface area (Å²) < 4.78 is 4.12. The Morgan fingerprint density at radius 1 is 1.04 bits per heavy atom. The van der Waals surface area contributed by atoms with E-state index in [-0.39, 0.29) is 0 Å². The van der Waals surface area contributed by atoms with Gasteiger partial charge in [-0.05, 0) is 0 Å². The summed E-state index contributed by atoms with van der Waals surface area (Å²) in [6.07, 6.45) is 4.96. The molecule has 3 aromatic rings. The number of nitrogens with zero attached hydrogens (tertiary/aromatic N) is 6. The monoisotopic (exact) mass is 308 g/mol. The average molecular weight is 308 g/mol. The number of hydrogen-bond acceptors (Lipinski definition) is 4. The molecule has 1 aromatic carbocycles. The van der Waals surface area contributed by atoms with Gasteiger partial charge in [-0.1, -0.05) is 30.3 Å².